The molecular weight excluding hydrogens is 662 g/mol. The summed E-state index contributed by atoms with van der Waals surface area (Å²) in [7, 11) is -4.55. The van der Waals surface area contributed by atoms with Gasteiger partial charge in [0.2, 0.25) is 11.8 Å². The Labute approximate surface area is 277 Å². The third kappa shape index (κ3) is 8.74. The van der Waals surface area contributed by atoms with Crippen molar-refractivity contribution in [2.75, 3.05) is 10.8 Å². The summed E-state index contributed by atoms with van der Waals surface area (Å²) < 4.78 is 69.8. The van der Waals surface area contributed by atoms with Crippen molar-refractivity contribution in [1.82, 2.24) is 10.2 Å². The Morgan fingerprint density at radius 2 is 1.65 bits per heavy atom. The number of hydrogen-bond donors (Lipinski definition) is 1. The van der Waals surface area contributed by atoms with Crippen molar-refractivity contribution in [2.45, 2.75) is 82.1 Å². The highest BCUT2D eigenvalue weighted by Gasteiger charge is 2.36. The van der Waals surface area contributed by atoms with Crippen LogP contribution in [0.4, 0.5) is 18.9 Å². The van der Waals surface area contributed by atoms with Gasteiger partial charge in [0.25, 0.3) is 10.0 Å². The highest BCUT2D eigenvalue weighted by molar-refractivity contribution is 7.92. The van der Waals surface area contributed by atoms with Gasteiger partial charge in [-0.3, -0.25) is 13.9 Å². The minimum atomic E-state index is -4.76. The van der Waals surface area contributed by atoms with Crippen LogP contribution in [0.15, 0.2) is 71.6 Å². The molecule has 1 atom stereocenters. The van der Waals surface area contributed by atoms with E-state index in [9.17, 15) is 31.2 Å². The van der Waals surface area contributed by atoms with E-state index in [4.69, 9.17) is 23.2 Å². The van der Waals surface area contributed by atoms with E-state index in [0.29, 0.717) is 21.0 Å². The Morgan fingerprint density at radius 3 is 2.26 bits per heavy atom. The number of hydrogen-bond acceptors (Lipinski definition) is 4. The van der Waals surface area contributed by atoms with Gasteiger partial charge in [-0.15, -0.1) is 0 Å². The van der Waals surface area contributed by atoms with Gasteiger partial charge in [-0.2, -0.15) is 13.2 Å². The van der Waals surface area contributed by atoms with Crippen LogP contribution in [0.2, 0.25) is 10.0 Å². The van der Waals surface area contributed by atoms with Crippen molar-refractivity contribution in [1.29, 1.82) is 0 Å². The largest absolute Gasteiger partial charge is 0.416 e. The Morgan fingerprint density at radius 1 is 0.978 bits per heavy atom. The van der Waals surface area contributed by atoms with Gasteiger partial charge in [-0.25, -0.2) is 8.42 Å². The lowest BCUT2D eigenvalue weighted by Crippen LogP contribution is -2.54. The number of rotatable bonds is 11. The van der Waals surface area contributed by atoms with Crippen molar-refractivity contribution >= 4 is 50.7 Å². The summed E-state index contributed by atoms with van der Waals surface area (Å²) in [6.45, 7) is 2.43. The molecule has 1 aliphatic rings. The van der Waals surface area contributed by atoms with E-state index in [1.54, 1.807) is 38.1 Å². The number of amides is 2. The predicted molar refractivity (Wildman–Crippen MR) is 173 cm³/mol. The highest BCUT2D eigenvalue weighted by Crippen LogP contribution is 2.34. The zero-order chi connectivity index (χ0) is 33.6. The fourth-order valence-corrected chi connectivity index (χ4v) is 7.38. The lowest BCUT2D eigenvalue weighted by Gasteiger charge is -2.34. The Bertz CT molecular complexity index is 1650. The molecule has 0 radical (unpaired) electrons. The van der Waals surface area contributed by atoms with Gasteiger partial charge in [-0.1, -0.05) is 79.2 Å². The number of aryl methyl sites for hydroxylation is 1. The van der Waals surface area contributed by atoms with Crippen LogP contribution in [0.25, 0.3) is 0 Å². The molecule has 1 saturated carbocycles. The van der Waals surface area contributed by atoms with Crippen LogP contribution in [0.3, 0.4) is 0 Å². The molecule has 1 fully saturated rings. The lowest BCUT2D eigenvalue weighted by atomic mass is 9.95. The average molecular weight is 699 g/mol. The molecule has 4 rings (SSSR count). The van der Waals surface area contributed by atoms with Crippen molar-refractivity contribution < 1.29 is 31.2 Å². The van der Waals surface area contributed by atoms with E-state index in [1.165, 1.54) is 29.2 Å². The first kappa shape index (κ1) is 35.6. The van der Waals surface area contributed by atoms with Crippen molar-refractivity contribution in [3.05, 3.63) is 93.5 Å². The number of anilines is 1. The number of sulfonamides is 1. The maximum Gasteiger partial charge on any atom is 0.416 e. The molecule has 7 nitrogen and oxygen atoms in total. The zero-order valence-corrected chi connectivity index (χ0v) is 27.8. The maximum absolute atomic E-state index is 14.3. The predicted octanol–water partition coefficient (Wildman–Crippen LogP) is 7.77. The number of carbonyl (C=O) groups is 2. The number of alkyl halides is 3. The molecule has 0 spiro atoms. The normalized spacial score (nSPS) is 14.8. The molecule has 0 saturated heterocycles. The van der Waals surface area contributed by atoms with Gasteiger partial charge in [0, 0.05) is 22.6 Å². The van der Waals surface area contributed by atoms with Crippen molar-refractivity contribution in [2.24, 2.45) is 0 Å². The molecule has 0 heterocycles. The summed E-state index contributed by atoms with van der Waals surface area (Å²) in [6.07, 6.45) is 0.0325. The van der Waals surface area contributed by atoms with Gasteiger partial charge in [-0.05, 0) is 74.2 Å². The molecule has 1 N–H and O–H groups in total. The Kier molecular flexibility index (Phi) is 11.7. The monoisotopic (exact) mass is 697 g/mol. The standard InChI is InChI=1S/C33H36Cl2F3N3O4S/c1-3-30(32(43)39-26-9-5-4-6-10-26)40(20-23-14-15-25(34)19-29(23)35)31(42)21-41(27-11-7-8-24(18-27)33(36,37)38)46(44,45)28-16-12-22(2)13-17-28/h7-8,11-19,26,30H,3-6,9-10,20-21H2,1-2H3,(H,39,43)/t30-/m1/s1. The van der Waals surface area contributed by atoms with Gasteiger partial charge >= 0.3 is 6.18 Å². The van der Waals surface area contributed by atoms with Crippen molar-refractivity contribution in [3.8, 4) is 0 Å². The number of benzene rings is 3. The summed E-state index contributed by atoms with van der Waals surface area (Å²) in [4.78, 5) is 29.0. The van der Waals surface area contributed by atoms with Gasteiger partial charge < -0.3 is 10.2 Å². The second-order valence-corrected chi connectivity index (χ2v) is 14.1. The fraction of sp³-hybridized carbons (Fsp3) is 0.394. The number of halogens is 5. The lowest BCUT2D eigenvalue weighted by molar-refractivity contribution is -0.140. The van der Waals surface area contributed by atoms with Crippen LogP contribution in [0.1, 0.15) is 62.1 Å². The van der Waals surface area contributed by atoms with E-state index >= 15 is 0 Å². The second kappa shape index (κ2) is 15.1. The van der Waals surface area contributed by atoms with Crippen LogP contribution in [-0.2, 0) is 32.3 Å². The molecule has 0 unspecified atom stereocenters. The second-order valence-electron chi connectivity index (χ2n) is 11.4. The van der Waals surface area contributed by atoms with E-state index in [1.807, 2.05) is 0 Å². The zero-order valence-electron chi connectivity index (χ0n) is 25.5. The number of nitrogens with one attached hydrogen (secondary N) is 1. The summed E-state index contributed by atoms with van der Waals surface area (Å²) >= 11 is 12.5. The third-order valence-corrected chi connectivity index (χ3v) is 10.4. The molecule has 2 amide bonds. The molecule has 0 bridgehead atoms. The SMILES string of the molecule is CC[C@H](C(=O)NC1CCCCC1)N(Cc1ccc(Cl)cc1Cl)C(=O)CN(c1cccc(C(F)(F)F)c1)S(=O)(=O)c1ccc(C)cc1. The van der Waals surface area contributed by atoms with Crippen LogP contribution >= 0.6 is 23.2 Å². The summed E-state index contributed by atoms with van der Waals surface area (Å²) in [5.74, 6) is -1.20. The molecule has 13 heteroatoms. The third-order valence-electron chi connectivity index (χ3n) is 8.04. The molecular formula is C33H36Cl2F3N3O4S. The smallest absolute Gasteiger partial charge is 0.352 e. The van der Waals surface area contributed by atoms with Gasteiger partial charge in [0.1, 0.15) is 12.6 Å². The molecule has 3 aromatic carbocycles. The Hall–Kier alpha value is -3.28. The fourth-order valence-electron chi connectivity index (χ4n) is 5.50. The highest BCUT2D eigenvalue weighted by atomic mass is 35.5. The summed E-state index contributed by atoms with van der Waals surface area (Å²) in [5, 5.41) is 3.63. The molecule has 248 valence electrons. The minimum Gasteiger partial charge on any atom is -0.352 e. The van der Waals surface area contributed by atoms with Crippen LogP contribution in [-0.4, -0.2) is 43.8 Å². The quantitative estimate of drug-likeness (QED) is 0.222. The van der Waals surface area contributed by atoms with Crippen LogP contribution in [0.5, 0.6) is 0 Å². The van der Waals surface area contributed by atoms with Gasteiger partial charge in [0.05, 0.1) is 16.1 Å². The topological polar surface area (TPSA) is 86.8 Å². The molecule has 1 aliphatic carbocycles. The van der Waals surface area contributed by atoms with Crippen LogP contribution < -0.4 is 9.62 Å². The van der Waals surface area contributed by atoms with E-state index in [2.05, 4.69) is 5.32 Å². The summed E-state index contributed by atoms with van der Waals surface area (Å²) in [6, 6.07) is 13.1. The van der Waals surface area contributed by atoms with Crippen LogP contribution in [0, 0.1) is 6.92 Å². The van der Waals surface area contributed by atoms with Gasteiger partial charge in [0.15, 0.2) is 0 Å². The number of nitrogens with zero attached hydrogens (tertiary/aromatic N) is 2. The first-order valence-electron chi connectivity index (χ1n) is 15.0. The molecule has 3 aromatic rings. The first-order valence-corrected chi connectivity index (χ1v) is 17.2. The number of carbonyl (C=O) groups excluding carboxylic acids is 2. The first-order chi connectivity index (χ1) is 21.7. The molecule has 0 aromatic heterocycles. The van der Waals surface area contributed by atoms with Crippen molar-refractivity contribution in [3.63, 3.8) is 0 Å². The maximum atomic E-state index is 14.3. The molecule has 46 heavy (non-hydrogen) atoms. The van der Waals surface area contributed by atoms with E-state index in [-0.39, 0.29) is 34.6 Å². The van der Waals surface area contributed by atoms with E-state index in [0.717, 1.165) is 49.8 Å². The minimum absolute atomic E-state index is 0.0603. The molecule has 0 aliphatic heterocycles. The average Bonchev–Trinajstić information content (AvgIpc) is 3.01. The van der Waals surface area contributed by atoms with E-state index < -0.39 is 46.2 Å². The Balaban J connectivity index is 1.77. The summed E-state index contributed by atoms with van der Waals surface area (Å²) in [5.41, 5.74) is -0.214.